The van der Waals surface area contributed by atoms with Gasteiger partial charge in [-0.3, -0.25) is 9.59 Å². The fourth-order valence-corrected chi connectivity index (χ4v) is 5.82. The normalized spacial score (nSPS) is 10.3. The molecule has 0 spiro atoms. The van der Waals surface area contributed by atoms with Crippen LogP contribution >= 0.6 is 79.4 Å². The number of carbonyl (C=O) groups is 3. The van der Waals surface area contributed by atoms with Crippen molar-refractivity contribution in [1.29, 1.82) is 0 Å². The number of aromatic carboxylic acids is 1. The first-order valence-electron chi connectivity index (χ1n) is 6.52. The van der Waals surface area contributed by atoms with Crippen LogP contribution < -0.4 is 16.0 Å². The first-order chi connectivity index (χ1) is 11.3. The number of carboxylic acid groups (broad SMARTS) is 1. The minimum atomic E-state index is -1.04. The van der Waals surface area contributed by atoms with Crippen LogP contribution in [0, 0.1) is 10.7 Å². The Morgan fingerprint density at radius 3 is 2.33 bits per heavy atom. The van der Waals surface area contributed by atoms with E-state index in [2.05, 4.69) is 16.0 Å². The van der Waals surface area contributed by atoms with Crippen LogP contribution in [0.4, 0.5) is 5.69 Å². The molecule has 24 heavy (non-hydrogen) atoms. The number of benzene rings is 1. The standard InChI is InChI=1S/C13H13ClI3N3O4/c14-4-8(21)19-2-1-18-5-9(22)20-12-7(16)3-6(15)10(11(12)17)13(23)24/h3,18H,1-2,4-5H2,(H,19,21)(H,20,22)(H,23,24). The molecule has 0 radical (unpaired) electrons. The molecule has 1 aromatic carbocycles. The Balaban J connectivity index is 2.63. The quantitative estimate of drug-likeness (QED) is 0.190. The maximum Gasteiger partial charge on any atom is 0.337 e. The molecule has 0 aliphatic carbocycles. The monoisotopic (exact) mass is 691 g/mol. The van der Waals surface area contributed by atoms with Gasteiger partial charge in [-0.05, 0) is 73.8 Å². The molecular formula is C13H13ClI3N3O4. The van der Waals surface area contributed by atoms with E-state index in [1.165, 1.54) is 0 Å². The van der Waals surface area contributed by atoms with Gasteiger partial charge in [-0.15, -0.1) is 11.6 Å². The molecule has 0 fully saturated rings. The molecule has 0 unspecified atom stereocenters. The Morgan fingerprint density at radius 2 is 1.75 bits per heavy atom. The number of carbonyl (C=O) groups excluding carboxylic acids is 2. The molecule has 11 heteroatoms. The molecule has 0 saturated carbocycles. The average molecular weight is 691 g/mol. The number of hydrogen-bond acceptors (Lipinski definition) is 4. The summed E-state index contributed by atoms with van der Waals surface area (Å²) < 4.78 is 1.85. The Morgan fingerprint density at radius 1 is 1.08 bits per heavy atom. The van der Waals surface area contributed by atoms with Crippen LogP contribution in [0.25, 0.3) is 0 Å². The van der Waals surface area contributed by atoms with Crippen molar-refractivity contribution in [2.75, 3.05) is 30.8 Å². The largest absolute Gasteiger partial charge is 0.478 e. The number of anilines is 1. The third-order valence-electron chi connectivity index (χ3n) is 2.68. The first kappa shape index (κ1) is 22.1. The van der Waals surface area contributed by atoms with E-state index in [4.69, 9.17) is 11.6 Å². The highest BCUT2D eigenvalue weighted by Crippen LogP contribution is 2.31. The van der Waals surface area contributed by atoms with Crippen LogP contribution in [-0.4, -0.2) is 48.4 Å². The van der Waals surface area contributed by atoms with E-state index in [0.29, 0.717) is 25.9 Å². The number of nitrogens with one attached hydrogen (secondary N) is 3. The fraction of sp³-hybridized carbons (Fsp3) is 0.308. The number of halogens is 4. The van der Waals surface area contributed by atoms with E-state index >= 15 is 0 Å². The lowest BCUT2D eigenvalue weighted by atomic mass is 10.2. The predicted molar refractivity (Wildman–Crippen MR) is 117 cm³/mol. The van der Waals surface area contributed by atoms with Crippen LogP contribution in [0.5, 0.6) is 0 Å². The van der Waals surface area contributed by atoms with Crippen LogP contribution in [-0.2, 0) is 9.59 Å². The molecule has 1 aromatic rings. The number of hydrogen-bond donors (Lipinski definition) is 4. The van der Waals surface area contributed by atoms with Crippen molar-refractivity contribution < 1.29 is 19.5 Å². The Bertz CT molecular complexity index is 658. The van der Waals surface area contributed by atoms with Gasteiger partial charge in [0.15, 0.2) is 0 Å². The van der Waals surface area contributed by atoms with Crippen molar-refractivity contribution in [3.8, 4) is 0 Å². The van der Waals surface area contributed by atoms with Gasteiger partial charge in [0, 0.05) is 20.2 Å². The van der Waals surface area contributed by atoms with E-state index < -0.39 is 5.97 Å². The average Bonchev–Trinajstić information content (AvgIpc) is 2.50. The molecule has 0 atom stereocenters. The molecule has 2 amide bonds. The summed E-state index contributed by atoms with van der Waals surface area (Å²) in [6.07, 6.45) is 0. The molecule has 0 saturated heterocycles. The van der Waals surface area contributed by atoms with Gasteiger partial charge in [0.1, 0.15) is 5.88 Å². The number of alkyl halides is 1. The Labute approximate surface area is 184 Å². The third kappa shape index (κ3) is 6.76. The van der Waals surface area contributed by atoms with Crippen LogP contribution in [0.3, 0.4) is 0 Å². The second-order valence-electron chi connectivity index (χ2n) is 4.42. The summed E-state index contributed by atoms with van der Waals surface area (Å²) in [6.45, 7) is 0.815. The smallest absolute Gasteiger partial charge is 0.337 e. The summed E-state index contributed by atoms with van der Waals surface area (Å²) in [7, 11) is 0. The molecule has 0 heterocycles. The fourth-order valence-electron chi connectivity index (χ4n) is 1.62. The third-order valence-corrected chi connectivity index (χ3v) is 5.70. The van der Waals surface area contributed by atoms with Crippen molar-refractivity contribution in [3.05, 3.63) is 22.3 Å². The predicted octanol–water partition coefficient (Wildman–Crippen LogP) is 2.08. The molecular weight excluding hydrogens is 678 g/mol. The zero-order chi connectivity index (χ0) is 18.3. The van der Waals surface area contributed by atoms with E-state index in [1.54, 1.807) is 6.07 Å². The Hall–Kier alpha value is 0.0700. The second-order valence-corrected chi connectivity index (χ2v) is 8.09. The van der Waals surface area contributed by atoms with E-state index in [9.17, 15) is 19.5 Å². The lowest BCUT2D eigenvalue weighted by Crippen LogP contribution is -2.36. The summed E-state index contributed by atoms with van der Waals surface area (Å²) in [5, 5.41) is 17.4. The highest BCUT2D eigenvalue weighted by atomic mass is 127. The molecule has 0 aromatic heterocycles. The van der Waals surface area contributed by atoms with Crippen molar-refractivity contribution in [2.24, 2.45) is 0 Å². The van der Waals surface area contributed by atoms with Gasteiger partial charge in [-0.1, -0.05) is 0 Å². The molecule has 1 rings (SSSR count). The zero-order valence-corrected chi connectivity index (χ0v) is 19.3. The number of amides is 2. The maximum absolute atomic E-state index is 12.0. The van der Waals surface area contributed by atoms with E-state index in [1.807, 2.05) is 67.8 Å². The minimum absolute atomic E-state index is 0.0390. The van der Waals surface area contributed by atoms with Gasteiger partial charge in [-0.2, -0.15) is 0 Å². The topological polar surface area (TPSA) is 108 Å². The summed E-state index contributed by atoms with van der Waals surface area (Å²) in [6, 6.07) is 1.71. The summed E-state index contributed by atoms with van der Waals surface area (Å²) >= 11 is 11.3. The molecule has 0 aliphatic heterocycles. The lowest BCUT2D eigenvalue weighted by Gasteiger charge is -2.14. The zero-order valence-electron chi connectivity index (χ0n) is 12.1. The van der Waals surface area contributed by atoms with Crippen LogP contribution in [0.2, 0.25) is 0 Å². The molecule has 0 aliphatic rings. The summed E-state index contributed by atoms with van der Waals surface area (Å²) in [4.78, 5) is 34.3. The molecule has 4 N–H and O–H groups in total. The first-order valence-corrected chi connectivity index (χ1v) is 10.3. The van der Waals surface area contributed by atoms with Gasteiger partial charge >= 0.3 is 5.97 Å². The summed E-state index contributed by atoms with van der Waals surface area (Å²) in [5.74, 6) is -1.71. The number of carboxylic acids is 1. The highest BCUT2D eigenvalue weighted by molar-refractivity contribution is 14.1. The summed E-state index contributed by atoms with van der Waals surface area (Å²) in [5.41, 5.74) is 0.653. The molecule has 0 bridgehead atoms. The SMILES string of the molecule is O=C(CCl)NCCNCC(=O)Nc1c(I)cc(I)c(C(=O)O)c1I. The molecule has 7 nitrogen and oxygen atoms in total. The van der Waals surface area contributed by atoms with Gasteiger partial charge < -0.3 is 21.1 Å². The second kappa shape index (κ2) is 10.9. The molecule has 132 valence electrons. The van der Waals surface area contributed by atoms with E-state index in [-0.39, 0.29) is 29.8 Å². The lowest BCUT2D eigenvalue weighted by molar-refractivity contribution is -0.118. The van der Waals surface area contributed by atoms with Crippen LogP contribution in [0.1, 0.15) is 10.4 Å². The van der Waals surface area contributed by atoms with Crippen LogP contribution in [0.15, 0.2) is 6.07 Å². The van der Waals surface area contributed by atoms with Gasteiger partial charge in [-0.25, -0.2) is 4.79 Å². The van der Waals surface area contributed by atoms with Crippen molar-refractivity contribution in [2.45, 2.75) is 0 Å². The van der Waals surface area contributed by atoms with Gasteiger partial charge in [0.2, 0.25) is 11.8 Å². The van der Waals surface area contributed by atoms with Gasteiger partial charge in [0.05, 0.1) is 21.4 Å². The highest BCUT2D eigenvalue weighted by Gasteiger charge is 2.20. The van der Waals surface area contributed by atoms with Crippen molar-refractivity contribution in [3.63, 3.8) is 0 Å². The van der Waals surface area contributed by atoms with Gasteiger partial charge in [0.25, 0.3) is 0 Å². The Kier molecular flexibility index (Phi) is 10.1. The van der Waals surface area contributed by atoms with Crippen molar-refractivity contribution >= 4 is 103 Å². The minimum Gasteiger partial charge on any atom is -0.478 e. The maximum atomic E-state index is 12.0. The number of rotatable bonds is 8. The van der Waals surface area contributed by atoms with Crippen molar-refractivity contribution in [1.82, 2.24) is 10.6 Å². The van der Waals surface area contributed by atoms with E-state index in [0.717, 1.165) is 3.57 Å².